The molecule has 0 aliphatic carbocycles. The van der Waals surface area contributed by atoms with Crippen LogP contribution in [0.5, 0.6) is 0 Å². The minimum absolute atomic E-state index is 0.0591. The lowest BCUT2D eigenvalue weighted by Crippen LogP contribution is -2.28. The topological polar surface area (TPSA) is 65.8 Å². The van der Waals surface area contributed by atoms with E-state index in [9.17, 15) is 9.18 Å². The molecule has 0 aliphatic rings. The van der Waals surface area contributed by atoms with Crippen LogP contribution < -0.4 is 5.32 Å². The molecule has 2 rings (SSSR count). The van der Waals surface area contributed by atoms with E-state index in [4.69, 9.17) is 5.26 Å². The van der Waals surface area contributed by atoms with Gasteiger partial charge in [-0.2, -0.15) is 9.65 Å². The van der Waals surface area contributed by atoms with Crippen LogP contribution in [0.15, 0.2) is 48.5 Å². The summed E-state index contributed by atoms with van der Waals surface area (Å²) >= 11 is 0. The molecular formula is C14H10FN3O. The summed E-state index contributed by atoms with van der Waals surface area (Å²) in [6.45, 7) is 0. The van der Waals surface area contributed by atoms with Crippen LogP contribution in [0.3, 0.4) is 0 Å². The molecular weight excluding hydrogens is 245 g/mol. The van der Waals surface area contributed by atoms with E-state index in [1.165, 1.54) is 12.1 Å². The smallest absolute Gasteiger partial charge is 0.271 e. The minimum atomic E-state index is -0.793. The van der Waals surface area contributed by atoms with Gasteiger partial charge in [0.15, 0.2) is 0 Å². The summed E-state index contributed by atoms with van der Waals surface area (Å²) in [4.78, 5) is 15.3. The molecule has 1 atom stereocenters. The highest BCUT2D eigenvalue weighted by Crippen LogP contribution is 2.12. The third kappa shape index (κ3) is 3.13. The van der Waals surface area contributed by atoms with Crippen molar-refractivity contribution in [2.75, 3.05) is 0 Å². The van der Waals surface area contributed by atoms with E-state index >= 15 is 0 Å². The first-order valence-electron chi connectivity index (χ1n) is 5.58. The Hall–Kier alpha value is -2.74. The van der Waals surface area contributed by atoms with Crippen LogP contribution in [0.4, 0.5) is 4.39 Å². The molecule has 0 radical (unpaired) electrons. The zero-order chi connectivity index (χ0) is 13.7. The number of nitriles is 1. The normalized spacial score (nSPS) is 11.4. The van der Waals surface area contributed by atoms with Gasteiger partial charge in [-0.1, -0.05) is 36.4 Å². The van der Waals surface area contributed by atoms with Crippen molar-refractivity contribution in [2.45, 2.75) is 6.04 Å². The fourth-order valence-corrected chi connectivity index (χ4v) is 1.58. The molecule has 1 aromatic carbocycles. The van der Waals surface area contributed by atoms with Crippen molar-refractivity contribution in [1.29, 1.82) is 5.26 Å². The number of nitrogens with zero attached hydrogens (tertiary/aromatic N) is 2. The van der Waals surface area contributed by atoms with Gasteiger partial charge in [0, 0.05) is 0 Å². The third-order valence-electron chi connectivity index (χ3n) is 2.49. The first kappa shape index (κ1) is 12.7. The Balaban J connectivity index is 2.16. The van der Waals surface area contributed by atoms with Crippen LogP contribution in [0.1, 0.15) is 22.1 Å². The lowest BCUT2D eigenvalue weighted by atomic mass is 10.1. The van der Waals surface area contributed by atoms with E-state index < -0.39 is 17.9 Å². The van der Waals surface area contributed by atoms with Crippen LogP contribution in [0, 0.1) is 17.3 Å². The number of hydrogen-bond acceptors (Lipinski definition) is 3. The van der Waals surface area contributed by atoms with E-state index in [2.05, 4.69) is 10.3 Å². The number of carbonyl (C=O) groups is 1. The highest BCUT2D eigenvalue weighted by atomic mass is 19.1. The second-order valence-corrected chi connectivity index (χ2v) is 3.79. The molecule has 0 spiro atoms. The predicted octanol–water partition coefficient (Wildman–Crippen LogP) is 2.22. The zero-order valence-corrected chi connectivity index (χ0v) is 9.88. The molecule has 5 heteroatoms. The van der Waals surface area contributed by atoms with Gasteiger partial charge >= 0.3 is 0 Å². The highest BCUT2D eigenvalue weighted by Gasteiger charge is 2.15. The zero-order valence-electron chi connectivity index (χ0n) is 9.88. The summed E-state index contributed by atoms with van der Waals surface area (Å²) in [5.74, 6) is -1.32. The molecule has 1 heterocycles. The Bertz CT molecular complexity index is 622. The molecule has 0 saturated heterocycles. The summed E-state index contributed by atoms with van der Waals surface area (Å²) in [6.07, 6.45) is 0. The number of benzene rings is 1. The molecule has 4 nitrogen and oxygen atoms in total. The van der Waals surface area contributed by atoms with Crippen LogP contribution >= 0.6 is 0 Å². The summed E-state index contributed by atoms with van der Waals surface area (Å²) < 4.78 is 12.9. The predicted molar refractivity (Wildman–Crippen MR) is 66.5 cm³/mol. The Morgan fingerprint density at radius 1 is 1.21 bits per heavy atom. The maximum absolute atomic E-state index is 12.9. The second kappa shape index (κ2) is 5.74. The molecule has 0 bridgehead atoms. The summed E-state index contributed by atoms with van der Waals surface area (Å²) in [6, 6.07) is 13.9. The minimum Gasteiger partial charge on any atom is -0.331 e. The van der Waals surface area contributed by atoms with Crippen molar-refractivity contribution in [3.8, 4) is 6.07 Å². The number of nitrogens with one attached hydrogen (secondary N) is 1. The molecule has 94 valence electrons. The SMILES string of the molecule is N#CC(NC(=O)c1cccc(F)n1)c1ccccc1. The monoisotopic (exact) mass is 255 g/mol. The average Bonchev–Trinajstić information content (AvgIpc) is 2.45. The van der Waals surface area contributed by atoms with Crippen molar-refractivity contribution in [1.82, 2.24) is 10.3 Å². The highest BCUT2D eigenvalue weighted by molar-refractivity contribution is 5.92. The molecule has 0 aliphatic heterocycles. The Labute approximate surface area is 109 Å². The van der Waals surface area contributed by atoms with Gasteiger partial charge < -0.3 is 5.32 Å². The van der Waals surface area contributed by atoms with Gasteiger partial charge in [0.25, 0.3) is 5.91 Å². The molecule has 1 aromatic heterocycles. The maximum Gasteiger partial charge on any atom is 0.271 e. The van der Waals surface area contributed by atoms with Crippen LogP contribution in [-0.4, -0.2) is 10.9 Å². The number of hydrogen-bond donors (Lipinski definition) is 1. The Kier molecular flexibility index (Phi) is 3.84. The van der Waals surface area contributed by atoms with Gasteiger partial charge in [0.1, 0.15) is 11.7 Å². The summed E-state index contributed by atoms with van der Waals surface area (Å²) in [5, 5.41) is 11.6. The quantitative estimate of drug-likeness (QED) is 0.855. The number of halogens is 1. The Morgan fingerprint density at radius 2 is 1.95 bits per heavy atom. The second-order valence-electron chi connectivity index (χ2n) is 3.79. The fraction of sp³-hybridized carbons (Fsp3) is 0.0714. The van der Waals surface area contributed by atoms with Crippen LogP contribution in [0.25, 0.3) is 0 Å². The standard InChI is InChI=1S/C14H10FN3O/c15-13-8-4-7-11(17-13)14(19)18-12(9-16)10-5-2-1-3-6-10/h1-8,12H,(H,18,19). The van der Waals surface area contributed by atoms with Crippen molar-refractivity contribution < 1.29 is 9.18 Å². The van der Waals surface area contributed by atoms with E-state index in [0.29, 0.717) is 5.56 Å². The molecule has 1 amide bonds. The number of aromatic nitrogens is 1. The molecule has 19 heavy (non-hydrogen) atoms. The number of carbonyl (C=O) groups excluding carboxylic acids is 1. The molecule has 0 fully saturated rings. The van der Waals surface area contributed by atoms with E-state index in [-0.39, 0.29) is 5.69 Å². The van der Waals surface area contributed by atoms with Gasteiger partial charge in [-0.05, 0) is 17.7 Å². The molecule has 2 aromatic rings. The van der Waals surface area contributed by atoms with E-state index in [1.807, 2.05) is 12.1 Å². The van der Waals surface area contributed by atoms with Crippen LogP contribution in [-0.2, 0) is 0 Å². The molecule has 1 N–H and O–H groups in total. The maximum atomic E-state index is 12.9. The van der Waals surface area contributed by atoms with Crippen molar-refractivity contribution in [3.63, 3.8) is 0 Å². The Morgan fingerprint density at radius 3 is 2.58 bits per heavy atom. The van der Waals surface area contributed by atoms with Gasteiger partial charge in [-0.25, -0.2) is 4.98 Å². The number of pyridine rings is 1. The van der Waals surface area contributed by atoms with Crippen molar-refractivity contribution in [2.24, 2.45) is 0 Å². The first-order chi connectivity index (χ1) is 9.20. The first-order valence-corrected chi connectivity index (χ1v) is 5.58. The van der Waals surface area contributed by atoms with Gasteiger partial charge in [0.05, 0.1) is 6.07 Å². The van der Waals surface area contributed by atoms with Gasteiger partial charge in [-0.15, -0.1) is 0 Å². The molecule has 0 saturated carbocycles. The third-order valence-corrected chi connectivity index (χ3v) is 2.49. The van der Waals surface area contributed by atoms with Crippen LogP contribution in [0.2, 0.25) is 0 Å². The largest absolute Gasteiger partial charge is 0.331 e. The average molecular weight is 255 g/mol. The summed E-state index contributed by atoms with van der Waals surface area (Å²) in [5.41, 5.74) is 0.603. The summed E-state index contributed by atoms with van der Waals surface area (Å²) in [7, 11) is 0. The number of rotatable bonds is 3. The van der Waals surface area contributed by atoms with E-state index in [1.54, 1.807) is 24.3 Å². The lowest BCUT2D eigenvalue weighted by molar-refractivity contribution is 0.0939. The van der Waals surface area contributed by atoms with E-state index in [0.717, 1.165) is 6.07 Å². The lowest BCUT2D eigenvalue weighted by Gasteiger charge is -2.11. The number of amides is 1. The van der Waals surface area contributed by atoms with Gasteiger partial charge in [0.2, 0.25) is 5.95 Å². The molecule has 1 unspecified atom stereocenters. The fourth-order valence-electron chi connectivity index (χ4n) is 1.58. The van der Waals surface area contributed by atoms with Crippen molar-refractivity contribution >= 4 is 5.91 Å². The van der Waals surface area contributed by atoms with Gasteiger partial charge in [-0.3, -0.25) is 4.79 Å². The van der Waals surface area contributed by atoms with Crippen molar-refractivity contribution in [3.05, 3.63) is 65.7 Å².